The second-order valence-electron chi connectivity index (χ2n) is 7.42. The number of H-pyrrole nitrogens is 3. The Morgan fingerprint density at radius 3 is 2.31 bits per heavy atom. The molecule has 0 unspecified atom stereocenters. The number of nitrogens with one attached hydrogen (secondary N) is 3. The monoisotopic (exact) mass is 452 g/mol. The van der Waals surface area contributed by atoms with Crippen molar-refractivity contribution in [2.24, 2.45) is 0 Å². The van der Waals surface area contributed by atoms with Gasteiger partial charge in [-0.15, -0.1) is 0 Å². The number of hydrogen-bond acceptors (Lipinski definition) is 6. The zero-order valence-electron chi connectivity index (χ0n) is 17.3. The maximum absolute atomic E-state index is 12.2. The quantitative estimate of drug-likeness (QED) is 0.257. The molecule has 4 N–H and O–H groups in total. The summed E-state index contributed by atoms with van der Waals surface area (Å²) >= 11 is 5.40. The summed E-state index contributed by atoms with van der Waals surface area (Å²) in [5, 5.41) is 17.2. The van der Waals surface area contributed by atoms with E-state index in [0.717, 1.165) is 22.8 Å². The van der Waals surface area contributed by atoms with Crippen molar-refractivity contribution in [3.05, 3.63) is 71.5 Å². The largest absolute Gasteiger partial charge is 0.480 e. The molecule has 0 fully saturated rings. The molecule has 0 aliphatic carbocycles. The van der Waals surface area contributed by atoms with Gasteiger partial charge < -0.3 is 19.6 Å². The van der Waals surface area contributed by atoms with Crippen molar-refractivity contribution < 1.29 is 9.90 Å². The second-order valence-corrected chi connectivity index (χ2v) is 7.81. The molecular weight excluding hydrogens is 428 g/mol. The number of nitrogens with zero attached hydrogens (tertiary/aromatic N) is 5. The standard InChI is InChI=1S/C21H24N8O2S/c30-20(31)18(28(11-16-9-22-13-24-16)12-17-10-23-14-25-17)7-4-8-29-19(26-27-21(29)32)15-5-2-1-3-6-15/h1-3,5-6,9-10,13-14,18H,4,7-8,11-12H2,(H,22,24)(H,23,25)(H,27,32)(H,30,31)/t18-/m0/s1. The Labute approximate surface area is 189 Å². The Hall–Kier alpha value is -3.57. The normalized spacial score (nSPS) is 12.3. The summed E-state index contributed by atoms with van der Waals surface area (Å²) in [6.07, 6.45) is 7.65. The summed E-state index contributed by atoms with van der Waals surface area (Å²) in [6.45, 7) is 1.41. The molecule has 0 saturated heterocycles. The van der Waals surface area contributed by atoms with Crippen LogP contribution in [0.25, 0.3) is 11.4 Å². The third kappa shape index (κ3) is 5.18. The number of rotatable bonds is 11. The van der Waals surface area contributed by atoms with Crippen LogP contribution in [0.3, 0.4) is 0 Å². The van der Waals surface area contributed by atoms with Gasteiger partial charge in [-0.2, -0.15) is 5.10 Å². The minimum Gasteiger partial charge on any atom is -0.480 e. The Morgan fingerprint density at radius 1 is 1.09 bits per heavy atom. The molecule has 32 heavy (non-hydrogen) atoms. The van der Waals surface area contributed by atoms with Gasteiger partial charge in [-0.05, 0) is 25.1 Å². The predicted octanol–water partition coefficient (Wildman–Crippen LogP) is 2.99. The van der Waals surface area contributed by atoms with E-state index in [0.29, 0.717) is 37.2 Å². The fourth-order valence-electron chi connectivity index (χ4n) is 3.69. The Morgan fingerprint density at radius 2 is 1.75 bits per heavy atom. The Bertz CT molecular complexity index is 1130. The molecule has 0 aliphatic rings. The third-order valence-electron chi connectivity index (χ3n) is 5.23. The highest BCUT2D eigenvalue weighted by molar-refractivity contribution is 7.71. The van der Waals surface area contributed by atoms with Gasteiger partial charge in [-0.25, -0.2) is 9.97 Å². The van der Waals surface area contributed by atoms with Gasteiger partial charge in [0, 0.05) is 49.0 Å². The zero-order chi connectivity index (χ0) is 22.3. The number of aromatic amines is 3. The van der Waals surface area contributed by atoms with Gasteiger partial charge in [0.05, 0.1) is 12.7 Å². The van der Waals surface area contributed by atoms with Crippen LogP contribution in [-0.2, 0) is 24.4 Å². The van der Waals surface area contributed by atoms with Crippen LogP contribution < -0.4 is 0 Å². The van der Waals surface area contributed by atoms with E-state index < -0.39 is 12.0 Å². The zero-order valence-corrected chi connectivity index (χ0v) is 18.1. The summed E-state index contributed by atoms with van der Waals surface area (Å²) in [5.41, 5.74) is 2.65. The lowest BCUT2D eigenvalue weighted by Crippen LogP contribution is -2.40. The van der Waals surface area contributed by atoms with E-state index in [2.05, 4.69) is 30.1 Å². The minimum absolute atomic E-state index is 0.427. The van der Waals surface area contributed by atoms with Gasteiger partial charge in [0.15, 0.2) is 10.6 Å². The molecule has 0 spiro atoms. The van der Waals surface area contributed by atoms with Crippen LogP contribution >= 0.6 is 12.2 Å². The van der Waals surface area contributed by atoms with Crippen molar-refractivity contribution in [1.82, 2.24) is 39.6 Å². The molecule has 0 saturated carbocycles. The molecule has 4 rings (SSSR count). The smallest absolute Gasteiger partial charge is 0.320 e. The Balaban J connectivity index is 1.48. The average molecular weight is 453 g/mol. The van der Waals surface area contributed by atoms with E-state index in [-0.39, 0.29) is 0 Å². The number of aromatic nitrogens is 7. The van der Waals surface area contributed by atoms with Crippen molar-refractivity contribution in [3.63, 3.8) is 0 Å². The van der Waals surface area contributed by atoms with Crippen LogP contribution in [0, 0.1) is 4.77 Å². The number of imidazole rings is 2. The summed E-state index contributed by atoms with van der Waals surface area (Å²) in [6, 6.07) is 9.08. The van der Waals surface area contributed by atoms with Gasteiger partial charge in [0.2, 0.25) is 0 Å². The van der Waals surface area contributed by atoms with Crippen LogP contribution in [0.15, 0.2) is 55.4 Å². The van der Waals surface area contributed by atoms with Crippen molar-refractivity contribution >= 4 is 18.2 Å². The fourth-order valence-corrected chi connectivity index (χ4v) is 3.92. The molecule has 3 aromatic heterocycles. The minimum atomic E-state index is -0.872. The number of hydrogen-bond donors (Lipinski definition) is 4. The molecule has 4 aromatic rings. The first kappa shape index (κ1) is 21.7. The molecule has 10 nitrogen and oxygen atoms in total. The molecular formula is C21H24N8O2S. The van der Waals surface area contributed by atoms with E-state index >= 15 is 0 Å². The van der Waals surface area contributed by atoms with Crippen molar-refractivity contribution in [2.45, 2.75) is 38.5 Å². The molecule has 0 radical (unpaired) electrons. The lowest BCUT2D eigenvalue weighted by Gasteiger charge is -2.28. The van der Waals surface area contributed by atoms with Crippen molar-refractivity contribution in [3.8, 4) is 11.4 Å². The maximum Gasteiger partial charge on any atom is 0.320 e. The highest BCUT2D eigenvalue weighted by atomic mass is 32.1. The highest BCUT2D eigenvalue weighted by Gasteiger charge is 2.26. The lowest BCUT2D eigenvalue weighted by molar-refractivity contribution is -0.144. The van der Waals surface area contributed by atoms with Gasteiger partial charge in [0.25, 0.3) is 0 Å². The van der Waals surface area contributed by atoms with Gasteiger partial charge in [-0.3, -0.25) is 14.8 Å². The fraction of sp³-hybridized carbons (Fsp3) is 0.286. The van der Waals surface area contributed by atoms with E-state index in [1.807, 2.05) is 39.8 Å². The lowest BCUT2D eigenvalue weighted by atomic mass is 10.1. The Kier molecular flexibility index (Phi) is 6.87. The summed E-state index contributed by atoms with van der Waals surface area (Å²) in [5.74, 6) is -0.127. The molecule has 0 aliphatic heterocycles. The van der Waals surface area contributed by atoms with E-state index in [1.54, 1.807) is 25.0 Å². The van der Waals surface area contributed by atoms with Crippen LogP contribution in [0.5, 0.6) is 0 Å². The average Bonchev–Trinajstić information content (AvgIpc) is 3.55. The third-order valence-corrected chi connectivity index (χ3v) is 5.54. The summed E-state index contributed by atoms with van der Waals surface area (Å²) in [7, 11) is 0. The van der Waals surface area contributed by atoms with E-state index in [9.17, 15) is 9.90 Å². The molecule has 0 amide bonds. The van der Waals surface area contributed by atoms with E-state index in [1.165, 1.54) is 0 Å². The first-order valence-electron chi connectivity index (χ1n) is 10.2. The van der Waals surface area contributed by atoms with Gasteiger partial charge >= 0.3 is 5.97 Å². The van der Waals surface area contributed by atoms with Crippen LogP contribution in [0.1, 0.15) is 24.2 Å². The first-order chi connectivity index (χ1) is 15.6. The topological polar surface area (TPSA) is 132 Å². The molecule has 0 bridgehead atoms. The summed E-state index contributed by atoms with van der Waals surface area (Å²) in [4.78, 5) is 28.3. The second kappa shape index (κ2) is 10.2. The van der Waals surface area contributed by atoms with Crippen LogP contribution in [0.4, 0.5) is 0 Å². The summed E-state index contributed by atoms with van der Waals surface area (Å²) < 4.78 is 2.43. The molecule has 166 valence electrons. The van der Waals surface area contributed by atoms with Gasteiger partial charge in [0.1, 0.15) is 6.04 Å². The molecule has 1 aromatic carbocycles. The highest BCUT2D eigenvalue weighted by Crippen LogP contribution is 2.19. The van der Waals surface area contributed by atoms with Crippen LogP contribution in [0.2, 0.25) is 0 Å². The van der Waals surface area contributed by atoms with Crippen molar-refractivity contribution in [2.75, 3.05) is 0 Å². The number of carboxylic acid groups (broad SMARTS) is 1. The first-order valence-corrected chi connectivity index (χ1v) is 10.6. The molecule has 1 atom stereocenters. The van der Waals surface area contributed by atoms with Gasteiger partial charge in [-0.1, -0.05) is 30.3 Å². The SMILES string of the molecule is O=C(O)[C@H](CCCn1c(-c2ccccc2)n[nH]c1=S)N(Cc1cnc[nH]1)Cc1cnc[nH]1. The number of carboxylic acids is 1. The van der Waals surface area contributed by atoms with Crippen LogP contribution in [-0.4, -0.2) is 56.7 Å². The maximum atomic E-state index is 12.2. The predicted molar refractivity (Wildman–Crippen MR) is 120 cm³/mol. The number of aliphatic carboxylic acids is 1. The molecule has 11 heteroatoms. The van der Waals surface area contributed by atoms with E-state index in [4.69, 9.17) is 12.2 Å². The number of carbonyl (C=O) groups is 1. The van der Waals surface area contributed by atoms with Crippen molar-refractivity contribution in [1.29, 1.82) is 0 Å². The molecule has 3 heterocycles. The number of benzene rings is 1.